The van der Waals surface area contributed by atoms with Crippen LogP contribution in [0.4, 0.5) is 4.39 Å². The van der Waals surface area contributed by atoms with Crippen LogP contribution in [0.3, 0.4) is 0 Å². The van der Waals surface area contributed by atoms with E-state index in [1.807, 2.05) is 39.0 Å². The summed E-state index contributed by atoms with van der Waals surface area (Å²) in [5.74, 6) is -0.372. The number of halogens is 1. The number of allylic oxidation sites excluding steroid dienone is 3. The first-order valence-corrected chi connectivity index (χ1v) is 12.2. The van der Waals surface area contributed by atoms with Gasteiger partial charge in [-0.1, -0.05) is 25.1 Å². The van der Waals surface area contributed by atoms with Crippen molar-refractivity contribution in [3.8, 4) is 11.5 Å². The van der Waals surface area contributed by atoms with Gasteiger partial charge in [0.25, 0.3) is 0 Å². The number of dihydropyridines is 1. The fourth-order valence-electron chi connectivity index (χ4n) is 4.97. The molecule has 0 aromatic heterocycles. The normalized spacial score (nSPS) is 20.4. The highest BCUT2D eigenvalue weighted by Crippen LogP contribution is 2.46. The van der Waals surface area contributed by atoms with Crippen LogP contribution in [0.1, 0.15) is 63.0 Å². The van der Waals surface area contributed by atoms with Gasteiger partial charge in [0.15, 0.2) is 17.3 Å². The topological polar surface area (TPSA) is 73.9 Å². The van der Waals surface area contributed by atoms with Gasteiger partial charge in [0.2, 0.25) is 0 Å². The monoisotopic (exact) mass is 493 g/mol. The molecule has 0 amide bonds. The molecule has 36 heavy (non-hydrogen) atoms. The van der Waals surface area contributed by atoms with Gasteiger partial charge in [-0.2, -0.15) is 0 Å². The smallest absolute Gasteiger partial charge is 0.337 e. The van der Waals surface area contributed by atoms with Crippen LogP contribution in [0.2, 0.25) is 0 Å². The summed E-state index contributed by atoms with van der Waals surface area (Å²) in [4.78, 5) is 27.0. The zero-order chi connectivity index (χ0) is 26.0. The number of esters is 1. The average Bonchev–Trinajstić information content (AvgIpc) is 2.87. The Balaban J connectivity index is 1.76. The van der Waals surface area contributed by atoms with Crippen molar-refractivity contribution in [2.75, 3.05) is 14.2 Å². The molecule has 1 aliphatic heterocycles. The Kier molecular flexibility index (Phi) is 7.48. The number of methoxy groups -OCH3 is 2. The van der Waals surface area contributed by atoms with E-state index in [-0.39, 0.29) is 30.0 Å². The standard InChI is InChI=1S/C29H32FNO5/c1-6-16(2)36-29(33)26-17(3)31-22-13-20(19-9-12-24(34-4)25(15-19)35-5)14-23(32)28(22)27(26)18-7-10-21(30)11-8-18/h7-12,15-16,20,27,31H,6,13-14H2,1-5H3/t16-,20-,27-/m0/s1. The molecule has 0 bridgehead atoms. The van der Waals surface area contributed by atoms with E-state index in [1.54, 1.807) is 26.4 Å². The Morgan fingerprint density at radius 1 is 1.06 bits per heavy atom. The summed E-state index contributed by atoms with van der Waals surface area (Å²) in [5.41, 5.74) is 3.99. The number of carbonyl (C=O) groups is 2. The Hall–Kier alpha value is -3.61. The van der Waals surface area contributed by atoms with Gasteiger partial charge in [-0.05, 0) is 68.0 Å². The maximum absolute atomic E-state index is 13.8. The van der Waals surface area contributed by atoms with Crippen LogP contribution in [-0.2, 0) is 14.3 Å². The Morgan fingerprint density at radius 3 is 2.36 bits per heavy atom. The van der Waals surface area contributed by atoms with Gasteiger partial charge >= 0.3 is 5.97 Å². The Labute approximate surface area is 211 Å². The second-order valence-corrected chi connectivity index (χ2v) is 9.31. The molecule has 1 aliphatic carbocycles. The minimum Gasteiger partial charge on any atom is -0.493 e. The number of benzene rings is 2. The van der Waals surface area contributed by atoms with E-state index >= 15 is 0 Å². The lowest BCUT2D eigenvalue weighted by Gasteiger charge is -2.37. The molecule has 1 N–H and O–H groups in total. The van der Waals surface area contributed by atoms with Crippen LogP contribution in [-0.4, -0.2) is 32.1 Å². The fraction of sp³-hybridized carbons (Fsp3) is 0.379. The maximum Gasteiger partial charge on any atom is 0.337 e. The molecule has 2 aliphatic rings. The molecule has 0 unspecified atom stereocenters. The third kappa shape index (κ3) is 4.87. The van der Waals surface area contributed by atoms with Crippen molar-refractivity contribution in [1.82, 2.24) is 5.32 Å². The van der Waals surface area contributed by atoms with Crippen molar-refractivity contribution >= 4 is 11.8 Å². The molecule has 1 heterocycles. The van der Waals surface area contributed by atoms with Crippen molar-refractivity contribution < 1.29 is 28.2 Å². The molecule has 2 aromatic carbocycles. The summed E-state index contributed by atoms with van der Waals surface area (Å²) >= 11 is 0. The molecule has 6 nitrogen and oxygen atoms in total. The van der Waals surface area contributed by atoms with Crippen molar-refractivity contribution in [1.29, 1.82) is 0 Å². The van der Waals surface area contributed by atoms with E-state index in [1.165, 1.54) is 12.1 Å². The number of hydrogen-bond donors (Lipinski definition) is 1. The van der Waals surface area contributed by atoms with Crippen LogP contribution in [0.15, 0.2) is 65.0 Å². The van der Waals surface area contributed by atoms with Gasteiger partial charge in [-0.15, -0.1) is 0 Å². The molecular weight excluding hydrogens is 461 g/mol. The van der Waals surface area contributed by atoms with Gasteiger partial charge in [0.1, 0.15) is 5.82 Å². The number of rotatable bonds is 7. The zero-order valence-corrected chi connectivity index (χ0v) is 21.3. The first-order chi connectivity index (χ1) is 17.3. The van der Waals surface area contributed by atoms with E-state index in [9.17, 15) is 14.0 Å². The SMILES string of the molecule is CC[C@H](C)OC(=O)C1=C(C)NC2=C(C(=O)C[C@@H](c3ccc(OC)c(OC)c3)C2)[C@H]1c1ccc(F)cc1. The first-order valence-electron chi connectivity index (χ1n) is 12.2. The number of ketones is 1. The van der Waals surface area contributed by atoms with E-state index in [0.29, 0.717) is 46.7 Å². The minimum absolute atomic E-state index is 0.0563. The van der Waals surface area contributed by atoms with Crippen molar-refractivity contribution in [2.24, 2.45) is 0 Å². The lowest BCUT2D eigenvalue weighted by atomic mass is 9.71. The van der Waals surface area contributed by atoms with E-state index in [2.05, 4.69) is 5.32 Å². The molecule has 0 saturated heterocycles. The number of hydrogen-bond acceptors (Lipinski definition) is 6. The molecule has 3 atom stereocenters. The highest BCUT2D eigenvalue weighted by atomic mass is 19.1. The lowest BCUT2D eigenvalue weighted by Crippen LogP contribution is -2.36. The van der Waals surface area contributed by atoms with Crippen LogP contribution in [0.5, 0.6) is 11.5 Å². The second kappa shape index (κ2) is 10.6. The highest BCUT2D eigenvalue weighted by molar-refractivity contribution is 6.04. The lowest BCUT2D eigenvalue weighted by molar-refractivity contribution is -0.144. The van der Waals surface area contributed by atoms with Crippen LogP contribution in [0.25, 0.3) is 0 Å². The predicted octanol–water partition coefficient (Wildman–Crippen LogP) is 5.55. The van der Waals surface area contributed by atoms with Gasteiger partial charge in [-0.25, -0.2) is 9.18 Å². The van der Waals surface area contributed by atoms with Crippen molar-refractivity contribution in [2.45, 2.75) is 58.0 Å². The quantitative estimate of drug-likeness (QED) is 0.510. The number of carbonyl (C=O) groups excluding carboxylic acids is 2. The molecule has 0 saturated carbocycles. The highest BCUT2D eigenvalue weighted by Gasteiger charge is 2.41. The number of Topliss-reactive ketones (excluding diaryl/α,β-unsaturated/α-hetero) is 1. The Bertz CT molecular complexity index is 1230. The summed E-state index contributed by atoms with van der Waals surface area (Å²) < 4.78 is 30.2. The molecule has 7 heteroatoms. The third-order valence-electron chi connectivity index (χ3n) is 7.01. The maximum atomic E-state index is 13.8. The van der Waals surface area contributed by atoms with Gasteiger partial charge in [0.05, 0.1) is 25.9 Å². The largest absolute Gasteiger partial charge is 0.493 e. The van der Waals surface area contributed by atoms with Gasteiger partial charge in [-0.3, -0.25) is 4.79 Å². The molecule has 0 spiro atoms. The molecule has 0 fully saturated rings. The van der Waals surface area contributed by atoms with Gasteiger partial charge in [0, 0.05) is 29.3 Å². The summed E-state index contributed by atoms with van der Waals surface area (Å²) in [6.07, 6.45) is 1.27. The zero-order valence-electron chi connectivity index (χ0n) is 21.3. The molecule has 0 radical (unpaired) electrons. The summed E-state index contributed by atoms with van der Waals surface area (Å²) in [6.45, 7) is 5.59. The number of nitrogens with one attached hydrogen (secondary N) is 1. The number of ether oxygens (including phenoxy) is 3. The average molecular weight is 494 g/mol. The van der Waals surface area contributed by atoms with E-state index in [0.717, 1.165) is 11.3 Å². The molecule has 4 rings (SSSR count). The summed E-state index contributed by atoms with van der Waals surface area (Å²) in [7, 11) is 3.16. The summed E-state index contributed by atoms with van der Waals surface area (Å²) in [6, 6.07) is 11.7. The predicted molar refractivity (Wildman–Crippen MR) is 134 cm³/mol. The fourth-order valence-corrected chi connectivity index (χ4v) is 4.97. The van der Waals surface area contributed by atoms with E-state index < -0.39 is 11.9 Å². The van der Waals surface area contributed by atoms with Crippen LogP contribution < -0.4 is 14.8 Å². The van der Waals surface area contributed by atoms with Crippen LogP contribution in [0, 0.1) is 5.82 Å². The third-order valence-corrected chi connectivity index (χ3v) is 7.01. The molecule has 190 valence electrons. The first kappa shape index (κ1) is 25.5. The minimum atomic E-state index is -0.628. The van der Waals surface area contributed by atoms with E-state index in [4.69, 9.17) is 14.2 Å². The van der Waals surface area contributed by atoms with Crippen molar-refractivity contribution in [3.63, 3.8) is 0 Å². The Morgan fingerprint density at radius 2 is 1.72 bits per heavy atom. The molecule has 2 aromatic rings. The molecular formula is C29H32FNO5. The summed E-state index contributed by atoms with van der Waals surface area (Å²) in [5, 5.41) is 3.34. The van der Waals surface area contributed by atoms with Gasteiger partial charge < -0.3 is 19.5 Å². The van der Waals surface area contributed by atoms with Crippen molar-refractivity contribution in [3.05, 3.63) is 81.9 Å². The second-order valence-electron chi connectivity index (χ2n) is 9.31. The van der Waals surface area contributed by atoms with Crippen LogP contribution >= 0.6 is 0 Å².